The lowest BCUT2D eigenvalue weighted by atomic mass is 10.3. The van der Waals surface area contributed by atoms with Crippen LogP contribution in [0, 0.1) is 3.57 Å². The quantitative estimate of drug-likeness (QED) is 0.861. The fourth-order valence-electron chi connectivity index (χ4n) is 1.15. The van der Waals surface area contributed by atoms with Gasteiger partial charge in [0, 0.05) is 22.4 Å². The highest BCUT2D eigenvalue weighted by Crippen LogP contribution is 2.13. The van der Waals surface area contributed by atoms with Crippen LogP contribution in [0.2, 0.25) is 0 Å². The predicted octanol–water partition coefficient (Wildman–Crippen LogP) is 2.74. The predicted molar refractivity (Wildman–Crippen MR) is 64.1 cm³/mol. The number of hydrogen-bond acceptors (Lipinski definition) is 2. The molecule has 2 nitrogen and oxygen atoms in total. The first-order chi connectivity index (χ1) is 6.22. The molecular formula is C10H14INO. The molecule has 0 bridgehead atoms. The lowest BCUT2D eigenvalue weighted by Crippen LogP contribution is -2.20. The van der Waals surface area contributed by atoms with Gasteiger partial charge in [-0.2, -0.15) is 0 Å². The van der Waals surface area contributed by atoms with Gasteiger partial charge in [-0.15, -0.1) is 0 Å². The van der Waals surface area contributed by atoms with E-state index in [9.17, 15) is 0 Å². The molecule has 1 rings (SSSR count). The van der Waals surface area contributed by atoms with E-state index in [2.05, 4.69) is 53.0 Å². The van der Waals surface area contributed by atoms with Crippen molar-refractivity contribution in [1.82, 2.24) is 0 Å². The summed E-state index contributed by atoms with van der Waals surface area (Å²) in [5.74, 6) is 0. The summed E-state index contributed by atoms with van der Waals surface area (Å²) in [7, 11) is 1.72. The maximum Gasteiger partial charge on any atom is 0.0661 e. The molecule has 1 N–H and O–H groups in total. The minimum Gasteiger partial charge on any atom is -0.383 e. The molecule has 1 unspecified atom stereocenters. The Hall–Kier alpha value is -0.290. The standard InChI is InChI=1S/C10H14INO/c1-8(7-13-2)12-10-5-3-4-9(11)6-10/h3-6,8,12H,7H2,1-2H3. The lowest BCUT2D eigenvalue weighted by molar-refractivity contribution is 0.190. The number of hydrogen-bond donors (Lipinski definition) is 1. The van der Waals surface area contributed by atoms with Crippen LogP contribution in [-0.2, 0) is 4.74 Å². The van der Waals surface area contributed by atoms with Crippen molar-refractivity contribution in [3.63, 3.8) is 0 Å². The van der Waals surface area contributed by atoms with Crippen molar-refractivity contribution in [2.24, 2.45) is 0 Å². The van der Waals surface area contributed by atoms with E-state index in [1.54, 1.807) is 7.11 Å². The Labute approximate surface area is 92.8 Å². The number of halogens is 1. The van der Waals surface area contributed by atoms with Crippen molar-refractivity contribution in [3.8, 4) is 0 Å². The lowest BCUT2D eigenvalue weighted by Gasteiger charge is -2.13. The van der Waals surface area contributed by atoms with Gasteiger partial charge >= 0.3 is 0 Å². The Morgan fingerprint density at radius 1 is 1.54 bits per heavy atom. The molecule has 0 fully saturated rings. The zero-order valence-corrected chi connectivity index (χ0v) is 10.0. The number of ether oxygens (including phenoxy) is 1. The molecule has 0 aliphatic heterocycles. The van der Waals surface area contributed by atoms with E-state index in [1.165, 1.54) is 3.57 Å². The maximum absolute atomic E-state index is 5.04. The summed E-state index contributed by atoms with van der Waals surface area (Å²) >= 11 is 2.30. The molecule has 72 valence electrons. The third kappa shape index (κ3) is 3.95. The van der Waals surface area contributed by atoms with Crippen molar-refractivity contribution in [1.29, 1.82) is 0 Å². The first-order valence-corrected chi connectivity index (χ1v) is 5.31. The number of rotatable bonds is 4. The van der Waals surface area contributed by atoms with Gasteiger partial charge in [0.05, 0.1) is 6.61 Å². The highest BCUT2D eigenvalue weighted by Gasteiger charge is 2.00. The van der Waals surface area contributed by atoms with Crippen LogP contribution in [0.25, 0.3) is 0 Å². The molecule has 0 saturated heterocycles. The van der Waals surface area contributed by atoms with Crippen LogP contribution in [0.5, 0.6) is 0 Å². The van der Waals surface area contributed by atoms with Crippen LogP contribution in [0.4, 0.5) is 5.69 Å². The van der Waals surface area contributed by atoms with Gasteiger partial charge in [-0.25, -0.2) is 0 Å². The molecule has 1 aromatic carbocycles. The molecule has 1 atom stereocenters. The van der Waals surface area contributed by atoms with Crippen LogP contribution in [0.1, 0.15) is 6.92 Å². The molecule has 1 aromatic rings. The van der Waals surface area contributed by atoms with Gasteiger partial charge in [-0.1, -0.05) is 6.07 Å². The molecule has 0 heterocycles. The van der Waals surface area contributed by atoms with Gasteiger partial charge < -0.3 is 10.1 Å². The average molecular weight is 291 g/mol. The summed E-state index contributed by atoms with van der Waals surface area (Å²) in [6.45, 7) is 2.83. The van der Waals surface area contributed by atoms with E-state index in [0.29, 0.717) is 6.04 Å². The van der Waals surface area contributed by atoms with Crippen molar-refractivity contribution in [3.05, 3.63) is 27.8 Å². The normalized spacial score (nSPS) is 12.5. The second-order valence-corrected chi connectivity index (χ2v) is 4.26. The van der Waals surface area contributed by atoms with E-state index in [1.807, 2.05) is 6.07 Å². The molecule has 0 spiro atoms. The molecule has 0 radical (unpaired) electrons. The summed E-state index contributed by atoms with van der Waals surface area (Å²) in [5, 5.41) is 3.35. The Balaban J connectivity index is 2.53. The van der Waals surface area contributed by atoms with E-state index in [0.717, 1.165) is 12.3 Å². The molecule has 3 heteroatoms. The molecule has 0 aliphatic rings. The topological polar surface area (TPSA) is 21.3 Å². The summed E-state index contributed by atoms with van der Waals surface area (Å²) in [4.78, 5) is 0. The number of methoxy groups -OCH3 is 1. The number of anilines is 1. The van der Waals surface area contributed by atoms with Crippen LogP contribution >= 0.6 is 22.6 Å². The molecule has 13 heavy (non-hydrogen) atoms. The first-order valence-electron chi connectivity index (χ1n) is 4.23. The third-order valence-corrected chi connectivity index (χ3v) is 2.33. The third-order valence-electron chi connectivity index (χ3n) is 1.65. The second-order valence-electron chi connectivity index (χ2n) is 3.01. The fourth-order valence-corrected chi connectivity index (χ4v) is 1.70. The largest absolute Gasteiger partial charge is 0.383 e. The van der Waals surface area contributed by atoms with Crippen LogP contribution in [0.15, 0.2) is 24.3 Å². The number of nitrogens with one attached hydrogen (secondary N) is 1. The van der Waals surface area contributed by atoms with Crippen LogP contribution in [-0.4, -0.2) is 19.8 Å². The summed E-state index contributed by atoms with van der Waals surface area (Å²) in [6.07, 6.45) is 0. The van der Waals surface area contributed by atoms with Crippen molar-refractivity contribution in [2.45, 2.75) is 13.0 Å². The summed E-state index contributed by atoms with van der Waals surface area (Å²) in [5.41, 5.74) is 1.15. The zero-order chi connectivity index (χ0) is 9.68. The highest BCUT2D eigenvalue weighted by molar-refractivity contribution is 14.1. The highest BCUT2D eigenvalue weighted by atomic mass is 127. The van der Waals surface area contributed by atoms with Gasteiger partial charge in [0.25, 0.3) is 0 Å². The van der Waals surface area contributed by atoms with Crippen LogP contribution in [0.3, 0.4) is 0 Å². The van der Waals surface area contributed by atoms with Crippen molar-refractivity contribution >= 4 is 28.3 Å². The maximum atomic E-state index is 5.04. The van der Waals surface area contributed by atoms with E-state index in [4.69, 9.17) is 4.74 Å². The van der Waals surface area contributed by atoms with Gasteiger partial charge in [-0.3, -0.25) is 0 Å². The van der Waals surface area contributed by atoms with E-state index >= 15 is 0 Å². The number of benzene rings is 1. The van der Waals surface area contributed by atoms with Crippen molar-refractivity contribution in [2.75, 3.05) is 19.0 Å². The van der Waals surface area contributed by atoms with E-state index < -0.39 is 0 Å². The van der Waals surface area contributed by atoms with Gasteiger partial charge in [-0.05, 0) is 47.7 Å². The fraction of sp³-hybridized carbons (Fsp3) is 0.400. The van der Waals surface area contributed by atoms with E-state index in [-0.39, 0.29) is 0 Å². The van der Waals surface area contributed by atoms with Gasteiger partial charge in [0.15, 0.2) is 0 Å². The van der Waals surface area contributed by atoms with Crippen molar-refractivity contribution < 1.29 is 4.74 Å². The van der Waals surface area contributed by atoms with Crippen LogP contribution < -0.4 is 5.32 Å². The minimum atomic E-state index is 0.350. The minimum absolute atomic E-state index is 0.350. The first kappa shape index (κ1) is 10.8. The summed E-state index contributed by atoms with van der Waals surface area (Å²) < 4.78 is 6.28. The smallest absolute Gasteiger partial charge is 0.0661 e. The van der Waals surface area contributed by atoms with Gasteiger partial charge in [0.2, 0.25) is 0 Å². The van der Waals surface area contributed by atoms with Gasteiger partial charge in [0.1, 0.15) is 0 Å². The molecule has 0 aromatic heterocycles. The monoisotopic (exact) mass is 291 g/mol. The average Bonchev–Trinajstić information content (AvgIpc) is 2.04. The SMILES string of the molecule is COCC(C)Nc1cccc(I)c1. The Bertz CT molecular complexity index is 265. The summed E-state index contributed by atoms with van der Waals surface area (Å²) in [6, 6.07) is 8.65. The molecule has 0 aliphatic carbocycles. The zero-order valence-electron chi connectivity index (χ0n) is 7.88. The Morgan fingerprint density at radius 2 is 2.31 bits per heavy atom. The Kier molecular flexibility index (Phi) is 4.52. The molecular weight excluding hydrogens is 277 g/mol. The molecule has 0 amide bonds. The molecule has 0 saturated carbocycles. The Morgan fingerprint density at radius 3 is 2.92 bits per heavy atom. The second kappa shape index (κ2) is 5.44.